The predicted molar refractivity (Wildman–Crippen MR) is 82.8 cm³/mol. The van der Waals surface area contributed by atoms with Crippen molar-refractivity contribution in [3.63, 3.8) is 0 Å². The number of hydrogen-bond acceptors (Lipinski definition) is 4. The number of ether oxygens (including phenoxy) is 1. The maximum absolute atomic E-state index is 5.23. The molecular weight excluding hydrogens is 312 g/mol. The molecule has 1 N–H and O–H groups in total. The Hall–Kier alpha value is -0.680. The van der Waals surface area contributed by atoms with Crippen molar-refractivity contribution in [1.29, 1.82) is 0 Å². The lowest BCUT2D eigenvalue weighted by atomic mass is 10.1. The quantitative estimate of drug-likeness (QED) is 0.890. The Morgan fingerprint density at radius 2 is 2.22 bits per heavy atom. The van der Waals surface area contributed by atoms with Crippen LogP contribution in [0.3, 0.4) is 0 Å². The zero-order valence-electron chi connectivity index (χ0n) is 10.7. The smallest absolute Gasteiger partial charge is 0.161 e. The van der Waals surface area contributed by atoms with E-state index in [4.69, 9.17) is 4.74 Å². The van der Waals surface area contributed by atoms with Gasteiger partial charge in [-0.15, -0.1) is 0 Å². The summed E-state index contributed by atoms with van der Waals surface area (Å²) in [5, 5.41) is 4.34. The second-order valence-corrected chi connectivity index (χ2v) is 6.30. The van der Waals surface area contributed by atoms with E-state index in [1.807, 2.05) is 18.2 Å². The number of nitrogens with zero attached hydrogens (tertiary/aromatic N) is 1. The minimum Gasteiger partial charge on any atom is -0.497 e. The van der Waals surface area contributed by atoms with Crippen LogP contribution in [0.5, 0.6) is 5.75 Å². The Morgan fingerprint density at radius 3 is 2.89 bits per heavy atom. The third-order valence-corrected chi connectivity index (χ3v) is 4.91. The van der Waals surface area contributed by atoms with Crippen LogP contribution in [-0.4, -0.2) is 24.1 Å². The van der Waals surface area contributed by atoms with E-state index in [2.05, 4.69) is 40.1 Å². The zero-order valence-corrected chi connectivity index (χ0v) is 13.1. The highest BCUT2D eigenvalue weighted by Gasteiger charge is 2.19. The first kappa shape index (κ1) is 13.7. The number of aliphatic imine (C=N–C) groups is 1. The van der Waals surface area contributed by atoms with Crippen LogP contribution >= 0.6 is 27.7 Å². The highest BCUT2D eigenvalue weighted by atomic mass is 79.9. The van der Waals surface area contributed by atoms with Gasteiger partial charge in [0.25, 0.3) is 0 Å². The molecule has 0 saturated heterocycles. The maximum atomic E-state index is 5.23. The third kappa shape index (κ3) is 3.20. The molecule has 0 fully saturated rings. The standard InChI is InChI=1S/C13H17BrN2OS/c1-8-7-18-13(15-9(8)2)16-12-6-10(17-3)4-5-11(12)14/h4-6,8-9H,7H2,1-3H3,(H,15,16). The average molecular weight is 329 g/mol. The summed E-state index contributed by atoms with van der Waals surface area (Å²) in [5.41, 5.74) is 0.988. The van der Waals surface area contributed by atoms with Gasteiger partial charge < -0.3 is 10.1 Å². The number of methoxy groups -OCH3 is 1. The zero-order chi connectivity index (χ0) is 13.1. The molecule has 5 heteroatoms. The first-order chi connectivity index (χ1) is 8.60. The molecule has 0 bridgehead atoms. The lowest BCUT2D eigenvalue weighted by Gasteiger charge is -2.24. The molecule has 3 nitrogen and oxygen atoms in total. The molecule has 1 aromatic rings. The van der Waals surface area contributed by atoms with Gasteiger partial charge in [0.15, 0.2) is 5.17 Å². The van der Waals surface area contributed by atoms with Gasteiger partial charge in [0, 0.05) is 16.3 Å². The lowest BCUT2D eigenvalue weighted by Crippen LogP contribution is -2.25. The Balaban J connectivity index is 2.16. The number of halogens is 1. The van der Waals surface area contributed by atoms with Crippen LogP contribution < -0.4 is 10.1 Å². The van der Waals surface area contributed by atoms with E-state index in [1.165, 1.54) is 0 Å². The number of benzene rings is 1. The molecule has 1 aromatic carbocycles. The topological polar surface area (TPSA) is 33.6 Å². The van der Waals surface area contributed by atoms with E-state index in [0.29, 0.717) is 12.0 Å². The molecule has 18 heavy (non-hydrogen) atoms. The van der Waals surface area contributed by atoms with Crippen LogP contribution in [0.1, 0.15) is 13.8 Å². The van der Waals surface area contributed by atoms with Crippen molar-refractivity contribution in [2.24, 2.45) is 10.9 Å². The highest BCUT2D eigenvalue weighted by Crippen LogP contribution is 2.30. The second-order valence-electron chi connectivity index (χ2n) is 4.43. The largest absolute Gasteiger partial charge is 0.497 e. The highest BCUT2D eigenvalue weighted by molar-refractivity contribution is 9.10. The van der Waals surface area contributed by atoms with Gasteiger partial charge in [-0.2, -0.15) is 0 Å². The summed E-state index contributed by atoms with van der Waals surface area (Å²) in [7, 11) is 1.67. The number of anilines is 1. The number of thioether (sulfide) groups is 1. The molecule has 0 aromatic heterocycles. The maximum Gasteiger partial charge on any atom is 0.161 e. The van der Waals surface area contributed by atoms with E-state index in [-0.39, 0.29) is 0 Å². The van der Waals surface area contributed by atoms with E-state index >= 15 is 0 Å². The average Bonchev–Trinajstić information content (AvgIpc) is 2.36. The molecule has 2 rings (SSSR count). The van der Waals surface area contributed by atoms with Gasteiger partial charge in [0.05, 0.1) is 18.8 Å². The first-order valence-electron chi connectivity index (χ1n) is 5.91. The SMILES string of the molecule is COc1ccc(Br)c(NC2=NC(C)C(C)CS2)c1. The molecule has 0 spiro atoms. The molecule has 1 aliphatic heterocycles. The molecule has 2 unspecified atom stereocenters. The van der Waals surface area contributed by atoms with Crippen molar-refractivity contribution < 1.29 is 4.74 Å². The molecule has 0 amide bonds. The van der Waals surface area contributed by atoms with Crippen molar-refractivity contribution in [1.82, 2.24) is 0 Å². The lowest BCUT2D eigenvalue weighted by molar-refractivity contribution is 0.415. The summed E-state index contributed by atoms with van der Waals surface area (Å²) in [5.74, 6) is 2.58. The molecule has 2 atom stereocenters. The molecule has 1 heterocycles. The van der Waals surface area contributed by atoms with E-state index in [1.54, 1.807) is 18.9 Å². The van der Waals surface area contributed by atoms with Crippen molar-refractivity contribution >= 4 is 38.5 Å². The van der Waals surface area contributed by atoms with Gasteiger partial charge in [-0.1, -0.05) is 18.7 Å². The normalized spacial score (nSPS) is 23.4. The van der Waals surface area contributed by atoms with Crippen molar-refractivity contribution in [2.75, 3.05) is 18.2 Å². The Kier molecular flexibility index (Phi) is 4.56. The number of amidine groups is 1. The fourth-order valence-corrected chi connectivity index (χ4v) is 3.08. The van der Waals surface area contributed by atoms with Crippen LogP contribution in [-0.2, 0) is 0 Å². The fraction of sp³-hybridized carbons (Fsp3) is 0.462. The van der Waals surface area contributed by atoms with Gasteiger partial charge in [-0.05, 0) is 40.9 Å². The molecule has 1 aliphatic rings. The second kappa shape index (κ2) is 5.97. The molecule has 0 radical (unpaired) electrons. The van der Waals surface area contributed by atoms with Gasteiger partial charge in [0.2, 0.25) is 0 Å². The summed E-state index contributed by atoms with van der Waals surface area (Å²) in [6.45, 7) is 4.39. The monoisotopic (exact) mass is 328 g/mol. The Labute approximate surface area is 121 Å². The van der Waals surface area contributed by atoms with Crippen LogP contribution in [0.15, 0.2) is 27.7 Å². The van der Waals surface area contributed by atoms with E-state index < -0.39 is 0 Å². The van der Waals surface area contributed by atoms with Gasteiger partial charge in [-0.3, -0.25) is 4.99 Å². The summed E-state index contributed by atoms with van der Waals surface area (Å²) in [6, 6.07) is 6.24. The van der Waals surface area contributed by atoms with E-state index in [9.17, 15) is 0 Å². The summed E-state index contributed by atoms with van der Waals surface area (Å²) < 4.78 is 6.24. The van der Waals surface area contributed by atoms with Crippen molar-refractivity contribution in [3.8, 4) is 5.75 Å². The Morgan fingerprint density at radius 1 is 1.44 bits per heavy atom. The summed E-state index contributed by atoms with van der Waals surface area (Å²) >= 11 is 5.30. The number of rotatable bonds is 2. The van der Waals surface area contributed by atoms with Crippen LogP contribution in [0, 0.1) is 5.92 Å². The number of nitrogens with one attached hydrogen (secondary N) is 1. The Bertz CT molecular complexity index is 464. The molecule has 0 aliphatic carbocycles. The number of hydrogen-bond donors (Lipinski definition) is 1. The van der Waals surface area contributed by atoms with Crippen molar-refractivity contribution in [2.45, 2.75) is 19.9 Å². The molecule has 98 valence electrons. The molecule has 0 saturated carbocycles. The predicted octanol–water partition coefficient (Wildman–Crippen LogP) is 4.00. The van der Waals surface area contributed by atoms with Crippen molar-refractivity contribution in [3.05, 3.63) is 22.7 Å². The summed E-state index contributed by atoms with van der Waals surface area (Å²) in [6.07, 6.45) is 0. The van der Waals surface area contributed by atoms with Crippen LogP contribution in [0.4, 0.5) is 5.69 Å². The minimum absolute atomic E-state index is 0.373. The summed E-state index contributed by atoms with van der Waals surface area (Å²) in [4.78, 5) is 4.66. The van der Waals surface area contributed by atoms with Crippen LogP contribution in [0.2, 0.25) is 0 Å². The van der Waals surface area contributed by atoms with Gasteiger partial charge in [-0.25, -0.2) is 0 Å². The third-order valence-electron chi connectivity index (χ3n) is 3.04. The van der Waals surface area contributed by atoms with Gasteiger partial charge in [0.1, 0.15) is 5.75 Å². The van der Waals surface area contributed by atoms with Crippen LogP contribution in [0.25, 0.3) is 0 Å². The minimum atomic E-state index is 0.373. The van der Waals surface area contributed by atoms with E-state index in [0.717, 1.165) is 26.8 Å². The first-order valence-corrected chi connectivity index (χ1v) is 7.69. The molecular formula is C13H17BrN2OS. The van der Waals surface area contributed by atoms with Gasteiger partial charge >= 0.3 is 0 Å². The fourth-order valence-electron chi connectivity index (χ4n) is 1.61.